The summed E-state index contributed by atoms with van der Waals surface area (Å²) < 4.78 is 0. The summed E-state index contributed by atoms with van der Waals surface area (Å²) in [6.45, 7) is 6.66. The van der Waals surface area contributed by atoms with E-state index in [0.717, 1.165) is 24.8 Å². The van der Waals surface area contributed by atoms with Crippen molar-refractivity contribution in [2.24, 2.45) is 5.92 Å². The van der Waals surface area contributed by atoms with E-state index in [0.29, 0.717) is 11.9 Å². The van der Waals surface area contributed by atoms with Gasteiger partial charge in [-0.05, 0) is 32.2 Å². The second kappa shape index (κ2) is 6.35. The fourth-order valence-electron chi connectivity index (χ4n) is 2.73. The van der Waals surface area contributed by atoms with E-state index in [1.807, 2.05) is 19.0 Å². The Labute approximate surface area is 121 Å². The molecule has 1 aromatic heterocycles. The van der Waals surface area contributed by atoms with E-state index in [9.17, 15) is 0 Å². The van der Waals surface area contributed by atoms with Crippen molar-refractivity contribution in [3.8, 4) is 0 Å². The molecule has 1 saturated heterocycles. The van der Waals surface area contributed by atoms with Crippen LogP contribution in [0.5, 0.6) is 0 Å². The average Bonchev–Trinajstić information content (AvgIpc) is 2.45. The van der Waals surface area contributed by atoms with Gasteiger partial charge in [0.2, 0.25) is 11.9 Å². The van der Waals surface area contributed by atoms with Gasteiger partial charge < -0.3 is 10.6 Å². The fourth-order valence-corrected chi connectivity index (χ4v) is 2.73. The van der Waals surface area contributed by atoms with E-state index >= 15 is 0 Å². The fraction of sp³-hybridized carbons (Fsp3) is 0.786. The second-order valence-electron chi connectivity index (χ2n) is 5.83. The number of nitrogen functional groups attached to an aromatic ring is 1. The highest BCUT2D eigenvalue weighted by Crippen LogP contribution is 2.27. The van der Waals surface area contributed by atoms with Gasteiger partial charge >= 0.3 is 0 Å². The third kappa shape index (κ3) is 3.36. The van der Waals surface area contributed by atoms with Crippen LogP contribution in [0.15, 0.2) is 0 Å². The number of hydrogen-bond donors (Lipinski definition) is 1. The second-order valence-corrected chi connectivity index (χ2v) is 5.83. The number of likely N-dealkylation sites (tertiary alicyclic amines) is 1. The average molecular weight is 278 g/mol. The number of aromatic nitrogens is 3. The molecule has 112 valence electrons. The van der Waals surface area contributed by atoms with Crippen molar-refractivity contribution in [2.75, 3.05) is 37.8 Å². The quantitative estimate of drug-likeness (QED) is 0.904. The van der Waals surface area contributed by atoms with Crippen molar-refractivity contribution in [1.29, 1.82) is 0 Å². The molecule has 2 atom stereocenters. The zero-order chi connectivity index (χ0) is 14.7. The maximum absolute atomic E-state index is 5.81. The highest BCUT2D eigenvalue weighted by atomic mass is 15.3. The molecule has 1 aliphatic rings. The summed E-state index contributed by atoms with van der Waals surface area (Å²) in [5, 5.41) is 0. The van der Waals surface area contributed by atoms with E-state index in [4.69, 9.17) is 5.73 Å². The zero-order valence-electron chi connectivity index (χ0n) is 13.0. The number of hydrogen-bond acceptors (Lipinski definition) is 6. The van der Waals surface area contributed by atoms with Gasteiger partial charge in [-0.1, -0.05) is 13.3 Å². The van der Waals surface area contributed by atoms with Crippen LogP contribution >= 0.6 is 0 Å². The lowest BCUT2D eigenvalue weighted by Gasteiger charge is -2.35. The third-order valence-corrected chi connectivity index (χ3v) is 4.11. The normalized spacial score (nSPS) is 21.7. The third-order valence-electron chi connectivity index (χ3n) is 4.11. The molecule has 6 nitrogen and oxygen atoms in total. The van der Waals surface area contributed by atoms with Crippen LogP contribution in [0.2, 0.25) is 0 Å². The molecule has 0 unspecified atom stereocenters. The van der Waals surface area contributed by atoms with Gasteiger partial charge in [-0.25, -0.2) is 0 Å². The maximum Gasteiger partial charge on any atom is 0.229 e. The Morgan fingerprint density at radius 1 is 1.35 bits per heavy atom. The molecule has 1 fully saturated rings. The predicted octanol–water partition coefficient (Wildman–Crippen LogP) is 1.70. The molecular weight excluding hydrogens is 252 g/mol. The minimum absolute atomic E-state index is 0.188. The summed E-state index contributed by atoms with van der Waals surface area (Å²) in [4.78, 5) is 17.4. The van der Waals surface area contributed by atoms with Crippen molar-refractivity contribution >= 4 is 11.9 Å². The molecule has 1 aliphatic heterocycles. The van der Waals surface area contributed by atoms with Gasteiger partial charge in [-0.3, -0.25) is 4.90 Å². The van der Waals surface area contributed by atoms with Crippen LogP contribution in [0.3, 0.4) is 0 Å². The topological polar surface area (TPSA) is 71.2 Å². The minimum Gasteiger partial charge on any atom is -0.368 e. The van der Waals surface area contributed by atoms with Gasteiger partial charge in [0, 0.05) is 20.6 Å². The molecule has 0 saturated carbocycles. The maximum atomic E-state index is 5.81. The molecule has 0 aromatic carbocycles. The van der Waals surface area contributed by atoms with Crippen LogP contribution in [0.1, 0.15) is 45.0 Å². The summed E-state index contributed by atoms with van der Waals surface area (Å²) in [7, 11) is 3.83. The first-order chi connectivity index (χ1) is 9.51. The van der Waals surface area contributed by atoms with E-state index in [1.54, 1.807) is 0 Å². The van der Waals surface area contributed by atoms with Crippen LogP contribution in [0.4, 0.5) is 11.9 Å². The lowest BCUT2D eigenvalue weighted by molar-refractivity contribution is 0.125. The van der Waals surface area contributed by atoms with Crippen molar-refractivity contribution in [1.82, 2.24) is 19.9 Å². The standard InChI is InChI=1S/C14H26N6/c1-5-11-7-6-8-20(9-11)10(2)12-16-13(15)18-14(17-12)19(3)4/h10-11H,5-9H2,1-4H3,(H2,15,16,17,18)/t10-,11-/m0/s1. The molecule has 0 amide bonds. The molecule has 0 spiro atoms. The molecule has 0 radical (unpaired) electrons. The molecule has 2 N–H and O–H groups in total. The van der Waals surface area contributed by atoms with Crippen molar-refractivity contribution in [3.63, 3.8) is 0 Å². The molecular formula is C14H26N6. The van der Waals surface area contributed by atoms with Gasteiger partial charge in [-0.15, -0.1) is 0 Å². The smallest absolute Gasteiger partial charge is 0.229 e. The van der Waals surface area contributed by atoms with Gasteiger partial charge in [-0.2, -0.15) is 15.0 Å². The number of nitrogens with zero attached hydrogens (tertiary/aromatic N) is 5. The lowest BCUT2D eigenvalue weighted by atomic mass is 9.94. The van der Waals surface area contributed by atoms with Crippen molar-refractivity contribution < 1.29 is 0 Å². The van der Waals surface area contributed by atoms with Crippen LogP contribution < -0.4 is 10.6 Å². The van der Waals surface area contributed by atoms with Gasteiger partial charge in [0.1, 0.15) is 0 Å². The van der Waals surface area contributed by atoms with Gasteiger partial charge in [0.15, 0.2) is 5.82 Å². The van der Waals surface area contributed by atoms with Crippen LogP contribution in [-0.2, 0) is 0 Å². The summed E-state index contributed by atoms with van der Waals surface area (Å²) in [6, 6.07) is 0.188. The highest BCUT2D eigenvalue weighted by molar-refractivity contribution is 5.33. The Balaban J connectivity index is 2.17. The van der Waals surface area contributed by atoms with E-state index in [1.165, 1.54) is 19.3 Å². The van der Waals surface area contributed by atoms with E-state index < -0.39 is 0 Å². The first-order valence-corrected chi connectivity index (χ1v) is 7.44. The molecule has 20 heavy (non-hydrogen) atoms. The van der Waals surface area contributed by atoms with Gasteiger partial charge in [0.05, 0.1) is 6.04 Å². The minimum atomic E-state index is 0.188. The number of rotatable bonds is 4. The zero-order valence-corrected chi connectivity index (χ0v) is 13.0. The van der Waals surface area contributed by atoms with Gasteiger partial charge in [0.25, 0.3) is 0 Å². The van der Waals surface area contributed by atoms with E-state index in [-0.39, 0.29) is 6.04 Å². The molecule has 0 aliphatic carbocycles. The monoisotopic (exact) mass is 278 g/mol. The Bertz CT molecular complexity index is 447. The number of anilines is 2. The van der Waals surface area contributed by atoms with Crippen LogP contribution in [0, 0.1) is 5.92 Å². The van der Waals surface area contributed by atoms with Crippen LogP contribution in [-0.4, -0.2) is 47.0 Å². The SMILES string of the molecule is CC[C@H]1CCCN([C@@H](C)c2nc(N)nc(N(C)C)n2)C1. The highest BCUT2D eigenvalue weighted by Gasteiger charge is 2.25. The Hall–Kier alpha value is -1.43. The molecule has 6 heteroatoms. The summed E-state index contributed by atoms with van der Waals surface area (Å²) in [6.07, 6.45) is 3.83. The largest absolute Gasteiger partial charge is 0.368 e. The molecule has 1 aromatic rings. The first-order valence-electron chi connectivity index (χ1n) is 7.44. The van der Waals surface area contributed by atoms with Crippen molar-refractivity contribution in [3.05, 3.63) is 5.82 Å². The summed E-state index contributed by atoms with van der Waals surface area (Å²) in [5.41, 5.74) is 5.81. The number of nitrogens with two attached hydrogens (primary N) is 1. The molecule has 2 heterocycles. The lowest BCUT2D eigenvalue weighted by Crippen LogP contribution is -2.38. The summed E-state index contributed by atoms with van der Waals surface area (Å²) >= 11 is 0. The first kappa shape index (κ1) is 15.0. The Morgan fingerprint density at radius 2 is 2.10 bits per heavy atom. The van der Waals surface area contributed by atoms with Crippen molar-refractivity contribution in [2.45, 2.75) is 39.2 Å². The Morgan fingerprint density at radius 3 is 2.75 bits per heavy atom. The number of piperidine rings is 1. The molecule has 2 rings (SSSR count). The molecule has 0 bridgehead atoms. The van der Waals surface area contributed by atoms with E-state index in [2.05, 4.69) is 33.7 Å². The predicted molar refractivity (Wildman–Crippen MR) is 81.6 cm³/mol. The summed E-state index contributed by atoms with van der Waals surface area (Å²) in [5.74, 6) is 2.50. The van der Waals surface area contributed by atoms with Crippen LogP contribution in [0.25, 0.3) is 0 Å². The Kier molecular flexibility index (Phi) is 4.75.